The maximum atomic E-state index is 12.2. The van der Waals surface area contributed by atoms with Crippen LogP contribution in [0.5, 0.6) is 5.75 Å². The van der Waals surface area contributed by atoms with Crippen molar-refractivity contribution in [2.24, 2.45) is 0 Å². The van der Waals surface area contributed by atoms with Gasteiger partial charge in [-0.1, -0.05) is 28.1 Å². The molecule has 0 aliphatic carbocycles. The van der Waals surface area contributed by atoms with Gasteiger partial charge in [-0.05, 0) is 35.9 Å². The van der Waals surface area contributed by atoms with Crippen LogP contribution in [-0.4, -0.2) is 30.4 Å². The van der Waals surface area contributed by atoms with E-state index in [1.807, 2.05) is 0 Å². The Morgan fingerprint density at radius 1 is 1.23 bits per heavy atom. The van der Waals surface area contributed by atoms with Gasteiger partial charge < -0.3 is 9.47 Å². The average molecular weight is 420 g/mol. The summed E-state index contributed by atoms with van der Waals surface area (Å²) >= 11 is 3.27. The zero-order valence-electron chi connectivity index (χ0n) is 13.7. The number of benzene rings is 2. The van der Waals surface area contributed by atoms with Crippen LogP contribution in [0.4, 0.5) is 5.69 Å². The van der Waals surface area contributed by atoms with Crippen molar-refractivity contribution in [1.82, 2.24) is 0 Å². The Balaban J connectivity index is 2.20. The number of carbonyl (C=O) groups excluding carboxylic acids is 2. The van der Waals surface area contributed by atoms with E-state index in [-0.39, 0.29) is 23.8 Å². The molecule has 8 heteroatoms. The lowest BCUT2D eigenvalue weighted by atomic mass is 10.1. The van der Waals surface area contributed by atoms with Gasteiger partial charge in [-0.25, -0.2) is 4.79 Å². The summed E-state index contributed by atoms with van der Waals surface area (Å²) in [5, 5.41) is 11.1. The van der Waals surface area contributed by atoms with Gasteiger partial charge in [0.25, 0.3) is 0 Å². The highest BCUT2D eigenvalue weighted by Crippen LogP contribution is 2.28. The van der Waals surface area contributed by atoms with Gasteiger partial charge in [0.2, 0.25) is 0 Å². The second kappa shape index (κ2) is 8.91. The molecule has 0 unspecified atom stereocenters. The summed E-state index contributed by atoms with van der Waals surface area (Å²) in [5.41, 5.74) is 0.636. The maximum Gasteiger partial charge on any atom is 0.330 e. The normalized spacial score (nSPS) is 10.5. The van der Waals surface area contributed by atoms with Gasteiger partial charge in [0, 0.05) is 22.2 Å². The fraction of sp³-hybridized carbons (Fsp3) is 0.111. The summed E-state index contributed by atoms with van der Waals surface area (Å²) in [6, 6.07) is 10.8. The van der Waals surface area contributed by atoms with Crippen LogP contribution in [0.15, 0.2) is 53.0 Å². The van der Waals surface area contributed by atoms with E-state index in [2.05, 4.69) is 20.7 Å². The zero-order chi connectivity index (χ0) is 19.1. The maximum absolute atomic E-state index is 12.2. The average Bonchev–Trinajstić information content (AvgIpc) is 2.63. The van der Waals surface area contributed by atoms with E-state index in [4.69, 9.17) is 4.74 Å². The number of hydrogen-bond donors (Lipinski definition) is 0. The number of nitro groups is 1. The molecular weight excluding hydrogens is 406 g/mol. The quantitative estimate of drug-likeness (QED) is 0.222. The minimum absolute atomic E-state index is 0.0645. The van der Waals surface area contributed by atoms with Crippen molar-refractivity contribution in [3.8, 4) is 5.75 Å². The molecule has 0 heterocycles. The van der Waals surface area contributed by atoms with Crippen molar-refractivity contribution in [3.05, 3.63) is 74.3 Å². The van der Waals surface area contributed by atoms with Gasteiger partial charge in [-0.15, -0.1) is 0 Å². The van der Waals surface area contributed by atoms with E-state index in [0.717, 1.165) is 4.47 Å². The second-order valence-corrected chi connectivity index (χ2v) is 5.98. The van der Waals surface area contributed by atoms with Crippen LogP contribution in [-0.2, 0) is 9.53 Å². The summed E-state index contributed by atoms with van der Waals surface area (Å²) in [6.07, 6.45) is 2.61. The molecule has 2 rings (SSSR count). The van der Waals surface area contributed by atoms with Crippen LogP contribution >= 0.6 is 15.9 Å². The molecule has 134 valence electrons. The highest BCUT2D eigenvalue weighted by atomic mass is 79.9. The van der Waals surface area contributed by atoms with Crippen LogP contribution < -0.4 is 4.74 Å². The molecule has 2 aromatic rings. The fourth-order valence-electron chi connectivity index (χ4n) is 2.02. The Hall–Kier alpha value is -3.00. The predicted molar refractivity (Wildman–Crippen MR) is 98.1 cm³/mol. The molecule has 0 fully saturated rings. The van der Waals surface area contributed by atoms with Crippen molar-refractivity contribution in [1.29, 1.82) is 0 Å². The molecule has 2 aromatic carbocycles. The van der Waals surface area contributed by atoms with Crippen molar-refractivity contribution in [2.75, 3.05) is 13.7 Å². The predicted octanol–water partition coefficient (Wildman–Crippen LogP) is 3.81. The Kier molecular flexibility index (Phi) is 6.62. The van der Waals surface area contributed by atoms with Crippen molar-refractivity contribution >= 4 is 39.4 Å². The summed E-state index contributed by atoms with van der Waals surface area (Å²) in [5.74, 6) is -0.947. The summed E-state index contributed by atoms with van der Waals surface area (Å²) in [4.78, 5) is 33.9. The number of nitrogens with zero attached hydrogens (tertiary/aromatic N) is 1. The van der Waals surface area contributed by atoms with E-state index in [1.165, 1.54) is 37.5 Å². The smallest absolute Gasteiger partial charge is 0.330 e. The molecule has 0 N–H and O–H groups in total. The second-order valence-electron chi connectivity index (χ2n) is 5.06. The lowest BCUT2D eigenvalue weighted by Gasteiger charge is -2.07. The monoisotopic (exact) mass is 419 g/mol. The molecular formula is C18H14BrNO6. The first-order valence-electron chi connectivity index (χ1n) is 7.36. The number of halogens is 1. The molecule has 0 radical (unpaired) electrons. The molecule has 0 aliphatic rings. The molecule has 0 saturated carbocycles. The number of carbonyl (C=O) groups is 2. The lowest BCUT2D eigenvalue weighted by molar-refractivity contribution is -0.385. The standard InChI is InChI=1S/C18H14BrNO6/c1-25-18(22)8-6-12-5-7-15(20(23)24)17(9-12)26-11-16(21)13-3-2-4-14(19)10-13/h2-10H,11H2,1H3/b8-6+. The molecule has 0 atom stereocenters. The zero-order valence-corrected chi connectivity index (χ0v) is 15.3. The molecule has 26 heavy (non-hydrogen) atoms. The first kappa shape index (κ1) is 19.3. The SMILES string of the molecule is COC(=O)/C=C/c1ccc([N+](=O)[O-])c(OCC(=O)c2cccc(Br)c2)c1. The first-order chi connectivity index (χ1) is 12.4. The van der Waals surface area contributed by atoms with Crippen LogP contribution in [0.2, 0.25) is 0 Å². The minimum Gasteiger partial charge on any atom is -0.478 e. The van der Waals surface area contributed by atoms with E-state index in [1.54, 1.807) is 24.3 Å². The Morgan fingerprint density at radius 2 is 2.00 bits per heavy atom. The number of Topliss-reactive ketones (excluding diaryl/α,β-unsaturated/α-hetero) is 1. The van der Waals surface area contributed by atoms with Gasteiger partial charge in [0.15, 0.2) is 18.1 Å². The van der Waals surface area contributed by atoms with Crippen molar-refractivity contribution < 1.29 is 24.0 Å². The highest BCUT2D eigenvalue weighted by Gasteiger charge is 2.17. The molecule has 0 aromatic heterocycles. The van der Waals surface area contributed by atoms with E-state index in [9.17, 15) is 19.7 Å². The Bertz CT molecular complexity index is 878. The molecule has 0 aliphatic heterocycles. The number of nitro benzene ring substituents is 1. The molecule has 0 bridgehead atoms. The molecule has 0 saturated heterocycles. The molecule has 0 amide bonds. The van der Waals surface area contributed by atoms with Crippen LogP contribution in [0.25, 0.3) is 6.08 Å². The van der Waals surface area contributed by atoms with Crippen LogP contribution in [0.3, 0.4) is 0 Å². The van der Waals surface area contributed by atoms with Crippen molar-refractivity contribution in [2.45, 2.75) is 0 Å². The number of ketones is 1. The fourth-order valence-corrected chi connectivity index (χ4v) is 2.42. The summed E-state index contributed by atoms with van der Waals surface area (Å²) in [7, 11) is 1.24. The number of ether oxygens (including phenoxy) is 2. The Morgan fingerprint density at radius 3 is 2.65 bits per heavy atom. The third-order valence-corrected chi connectivity index (χ3v) is 3.79. The van der Waals surface area contributed by atoms with Gasteiger partial charge in [0.05, 0.1) is 12.0 Å². The van der Waals surface area contributed by atoms with Crippen LogP contribution in [0.1, 0.15) is 15.9 Å². The third-order valence-electron chi connectivity index (χ3n) is 3.30. The summed E-state index contributed by atoms with van der Waals surface area (Å²) in [6.45, 7) is -0.360. The largest absolute Gasteiger partial charge is 0.478 e. The number of hydrogen-bond acceptors (Lipinski definition) is 6. The lowest BCUT2D eigenvalue weighted by Crippen LogP contribution is -2.12. The third kappa shape index (κ3) is 5.25. The van der Waals surface area contributed by atoms with Gasteiger partial charge in [-0.3, -0.25) is 14.9 Å². The van der Waals surface area contributed by atoms with E-state index >= 15 is 0 Å². The van der Waals surface area contributed by atoms with Gasteiger partial charge >= 0.3 is 11.7 Å². The number of rotatable bonds is 7. The van der Waals surface area contributed by atoms with E-state index in [0.29, 0.717) is 11.1 Å². The van der Waals surface area contributed by atoms with Crippen LogP contribution in [0, 0.1) is 10.1 Å². The van der Waals surface area contributed by atoms with Gasteiger partial charge in [-0.2, -0.15) is 0 Å². The number of esters is 1. The number of methoxy groups -OCH3 is 1. The van der Waals surface area contributed by atoms with Crippen molar-refractivity contribution in [3.63, 3.8) is 0 Å². The molecule has 0 spiro atoms. The molecule has 7 nitrogen and oxygen atoms in total. The highest BCUT2D eigenvalue weighted by molar-refractivity contribution is 9.10. The van der Waals surface area contributed by atoms with Gasteiger partial charge in [0.1, 0.15) is 0 Å². The van der Waals surface area contributed by atoms with E-state index < -0.39 is 10.9 Å². The summed E-state index contributed by atoms with van der Waals surface area (Å²) < 4.78 is 10.6. The Labute approximate surface area is 157 Å². The minimum atomic E-state index is -0.604. The first-order valence-corrected chi connectivity index (χ1v) is 8.16. The topological polar surface area (TPSA) is 95.7 Å².